The van der Waals surface area contributed by atoms with E-state index in [0.717, 1.165) is 10.9 Å². The van der Waals surface area contributed by atoms with Crippen LogP contribution in [0.15, 0.2) is 72.4 Å². The van der Waals surface area contributed by atoms with Crippen LogP contribution in [0.5, 0.6) is 11.5 Å². The van der Waals surface area contributed by atoms with E-state index >= 15 is 0 Å². The van der Waals surface area contributed by atoms with Crippen LogP contribution in [0.4, 0.5) is 5.69 Å². The first-order valence-electron chi connectivity index (χ1n) is 11.3. The summed E-state index contributed by atoms with van der Waals surface area (Å²) in [4.78, 5) is 28.5. The number of amides is 1. The van der Waals surface area contributed by atoms with Gasteiger partial charge >= 0.3 is 0 Å². The third-order valence-corrected chi connectivity index (χ3v) is 6.98. The Morgan fingerprint density at radius 2 is 1.68 bits per heavy atom. The van der Waals surface area contributed by atoms with Gasteiger partial charge in [0.25, 0.3) is 11.7 Å². The average molecular weight is 537 g/mol. The summed E-state index contributed by atoms with van der Waals surface area (Å²) in [6.45, 7) is 0. The summed E-state index contributed by atoms with van der Waals surface area (Å²) in [6, 6.07) is 16.4. The predicted octanol–water partition coefficient (Wildman–Crippen LogP) is 6.13. The van der Waals surface area contributed by atoms with Crippen molar-refractivity contribution in [3.63, 3.8) is 0 Å². The highest BCUT2D eigenvalue weighted by molar-refractivity contribution is 6.52. The summed E-state index contributed by atoms with van der Waals surface area (Å²) in [7, 11) is 4.82. The fourth-order valence-corrected chi connectivity index (χ4v) is 5.39. The molecule has 1 aliphatic heterocycles. The Hall–Kier alpha value is -3.94. The SMILES string of the molecule is COc1ccc(N2C(=O)C(=O)/C(=C(/O)c3cc(Cl)cc(Cl)c3OC)C2c2cn(C)c3ccccc23)cc1. The highest BCUT2D eigenvalue weighted by Gasteiger charge is 2.48. The molecule has 0 saturated carbocycles. The second kappa shape index (κ2) is 9.50. The van der Waals surface area contributed by atoms with Crippen molar-refractivity contribution in [2.24, 2.45) is 7.05 Å². The molecule has 9 heteroatoms. The zero-order chi connectivity index (χ0) is 26.4. The number of para-hydroxylation sites is 1. The van der Waals surface area contributed by atoms with Crippen LogP contribution in [0.25, 0.3) is 16.7 Å². The molecule has 1 saturated heterocycles. The summed E-state index contributed by atoms with van der Waals surface area (Å²) < 4.78 is 12.6. The summed E-state index contributed by atoms with van der Waals surface area (Å²) in [5.41, 5.74) is 2.05. The lowest BCUT2D eigenvalue weighted by atomic mass is 9.94. The minimum atomic E-state index is -0.943. The monoisotopic (exact) mass is 536 g/mol. The molecule has 1 unspecified atom stereocenters. The van der Waals surface area contributed by atoms with E-state index in [2.05, 4.69) is 0 Å². The minimum absolute atomic E-state index is 0.103. The molecule has 1 aromatic heterocycles. The second-order valence-electron chi connectivity index (χ2n) is 8.55. The Labute approximate surface area is 223 Å². The van der Waals surface area contributed by atoms with Crippen LogP contribution < -0.4 is 14.4 Å². The highest BCUT2D eigenvalue weighted by atomic mass is 35.5. The van der Waals surface area contributed by atoms with Gasteiger partial charge in [0.1, 0.15) is 17.3 Å². The number of ketones is 1. The van der Waals surface area contributed by atoms with Gasteiger partial charge in [-0.25, -0.2) is 0 Å². The molecule has 3 aromatic carbocycles. The standard InChI is InChI=1S/C28H22Cl2N2O5/c1-31-14-20(18-6-4-5-7-22(18)31)24-23(25(33)19-12-15(29)13-21(30)27(19)37-3)26(34)28(35)32(24)16-8-10-17(36-2)11-9-16/h4-14,24,33H,1-3H3/b25-23+. The Morgan fingerprint density at radius 1 is 0.973 bits per heavy atom. The Kier molecular flexibility index (Phi) is 6.35. The van der Waals surface area contributed by atoms with Crippen molar-refractivity contribution in [1.82, 2.24) is 4.57 Å². The number of Topliss-reactive ketones (excluding diaryl/α,β-unsaturated/α-hetero) is 1. The number of carbonyl (C=O) groups excluding carboxylic acids is 2. The first kappa shape index (κ1) is 24.7. The molecule has 4 aromatic rings. The topological polar surface area (TPSA) is 81.0 Å². The number of fused-ring (bicyclic) bond motifs is 1. The first-order valence-corrected chi connectivity index (χ1v) is 12.0. The molecule has 1 aliphatic rings. The zero-order valence-electron chi connectivity index (χ0n) is 20.2. The van der Waals surface area contributed by atoms with Gasteiger partial charge < -0.3 is 19.1 Å². The van der Waals surface area contributed by atoms with Crippen LogP contribution in [0.2, 0.25) is 10.0 Å². The maximum atomic E-state index is 13.6. The number of rotatable bonds is 5. The Bertz CT molecular complexity index is 1590. The maximum Gasteiger partial charge on any atom is 0.300 e. The molecule has 37 heavy (non-hydrogen) atoms. The molecule has 188 valence electrons. The molecule has 2 heterocycles. The molecular formula is C28H22Cl2N2O5. The van der Waals surface area contributed by atoms with Gasteiger partial charge in [-0.1, -0.05) is 41.4 Å². The van der Waals surface area contributed by atoms with Crippen LogP contribution in [-0.2, 0) is 16.6 Å². The Balaban J connectivity index is 1.82. The van der Waals surface area contributed by atoms with Crippen LogP contribution in [0.3, 0.4) is 0 Å². The largest absolute Gasteiger partial charge is 0.507 e. The fourth-order valence-electron chi connectivity index (χ4n) is 4.82. The number of hydrogen-bond acceptors (Lipinski definition) is 5. The van der Waals surface area contributed by atoms with Gasteiger partial charge in [0.05, 0.1) is 36.4 Å². The number of carbonyl (C=O) groups is 2. The van der Waals surface area contributed by atoms with E-state index in [4.69, 9.17) is 32.7 Å². The quantitative estimate of drug-likeness (QED) is 0.188. The minimum Gasteiger partial charge on any atom is -0.507 e. The molecule has 0 aliphatic carbocycles. The molecule has 0 bridgehead atoms. The number of ether oxygens (including phenoxy) is 2. The van der Waals surface area contributed by atoms with E-state index in [1.807, 2.05) is 42.1 Å². The van der Waals surface area contributed by atoms with Crippen molar-refractivity contribution in [2.45, 2.75) is 6.04 Å². The molecule has 7 nitrogen and oxygen atoms in total. The van der Waals surface area contributed by atoms with Gasteiger partial charge in [-0.05, 0) is 42.5 Å². The number of anilines is 1. The number of hydrogen-bond donors (Lipinski definition) is 1. The smallest absolute Gasteiger partial charge is 0.300 e. The third-order valence-electron chi connectivity index (χ3n) is 6.49. The zero-order valence-corrected chi connectivity index (χ0v) is 21.7. The van der Waals surface area contributed by atoms with Gasteiger partial charge in [-0.2, -0.15) is 0 Å². The van der Waals surface area contributed by atoms with E-state index in [0.29, 0.717) is 17.0 Å². The van der Waals surface area contributed by atoms with Gasteiger partial charge in [-0.15, -0.1) is 0 Å². The average Bonchev–Trinajstić information content (AvgIpc) is 3.36. The Morgan fingerprint density at radius 3 is 2.35 bits per heavy atom. The summed E-state index contributed by atoms with van der Waals surface area (Å²) in [6.07, 6.45) is 1.85. The summed E-state index contributed by atoms with van der Waals surface area (Å²) in [5, 5.41) is 12.8. The normalized spacial score (nSPS) is 17.0. The van der Waals surface area contributed by atoms with Gasteiger partial charge in [0.15, 0.2) is 0 Å². The van der Waals surface area contributed by atoms with E-state index in [1.165, 1.54) is 24.1 Å². The third kappa shape index (κ3) is 4.00. The lowest BCUT2D eigenvalue weighted by molar-refractivity contribution is -0.132. The molecular weight excluding hydrogens is 515 g/mol. The second-order valence-corrected chi connectivity index (χ2v) is 9.39. The maximum absolute atomic E-state index is 13.6. The van der Waals surface area contributed by atoms with Crippen molar-refractivity contribution in [2.75, 3.05) is 19.1 Å². The van der Waals surface area contributed by atoms with Crippen molar-refractivity contribution >= 4 is 57.2 Å². The highest BCUT2D eigenvalue weighted by Crippen LogP contribution is 2.46. The van der Waals surface area contributed by atoms with Gasteiger partial charge in [0, 0.05) is 40.4 Å². The predicted molar refractivity (Wildman–Crippen MR) is 144 cm³/mol. The van der Waals surface area contributed by atoms with E-state index in [9.17, 15) is 14.7 Å². The van der Waals surface area contributed by atoms with Crippen molar-refractivity contribution in [1.29, 1.82) is 0 Å². The van der Waals surface area contributed by atoms with Crippen LogP contribution in [-0.4, -0.2) is 35.6 Å². The number of halogens is 2. The van der Waals surface area contributed by atoms with E-state index < -0.39 is 23.5 Å². The number of benzene rings is 3. The molecule has 5 rings (SSSR count). The number of aliphatic hydroxyl groups is 1. The van der Waals surface area contributed by atoms with Gasteiger partial charge in [0.2, 0.25) is 0 Å². The molecule has 0 spiro atoms. The number of methoxy groups -OCH3 is 2. The molecule has 1 N–H and O–H groups in total. The number of aromatic nitrogens is 1. The van der Waals surface area contributed by atoms with Crippen molar-refractivity contribution in [3.05, 3.63) is 93.6 Å². The van der Waals surface area contributed by atoms with E-state index in [-0.39, 0.29) is 26.9 Å². The fraction of sp³-hybridized carbons (Fsp3) is 0.143. The molecule has 1 fully saturated rings. The molecule has 1 atom stereocenters. The summed E-state index contributed by atoms with van der Waals surface area (Å²) >= 11 is 12.5. The van der Waals surface area contributed by atoms with Crippen LogP contribution in [0.1, 0.15) is 17.2 Å². The first-order chi connectivity index (χ1) is 17.8. The number of aryl methyl sites for hydroxylation is 1. The van der Waals surface area contributed by atoms with Crippen molar-refractivity contribution < 1.29 is 24.2 Å². The summed E-state index contributed by atoms with van der Waals surface area (Å²) in [5.74, 6) is -1.33. The molecule has 1 amide bonds. The van der Waals surface area contributed by atoms with Crippen LogP contribution >= 0.6 is 23.2 Å². The number of nitrogens with zero attached hydrogens (tertiary/aromatic N) is 2. The molecule has 0 radical (unpaired) electrons. The van der Waals surface area contributed by atoms with Crippen molar-refractivity contribution in [3.8, 4) is 11.5 Å². The number of aliphatic hydroxyl groups excluding tert-OH is 1. The van der Waals surface area contributed by atoms with Gasteiger partial charge in [-0.3, -0.25) is 14.5 Å². The van der Waals surface area contributed by atoms with E-state index in [1.54, 1.807) is 31.4 Å². The lowest BCUT2D eigenvalue weighted by Gasteiger charge is -2.25. The lowest BCUT2D eigenvalue weighted by Crippen LogP contribution is -2.29. The van der Waals surface area contributed by atoms with Crippen LogP contribution in [0, 0.1) is 0 Å².